The first-order chi connectivity index (χ1) is 13.8. The Balaban J connectivity index is 1.67. The first-order valence-corrected chi connectivity index (χ1v) is 10.5. The molecule has 1 aliphatic rings. The number of carbonyl (C=O) groups is 1. The summed E-state index contributed by atoms with van der Waals surface area (Å²) >= 11 is 1.70. The van der Waals surface area contributed by atoms with Crippen LogP contribution < -0.4 is 5.32 Å². The number of nitrogens with one attached hydrogen (secondary N) is 1. The van der Waals surface area contributed by atoms with Crippen LogP contribution in [-0.2, 0) is 9.53 Å². The van der Waals surface area contributed by atoms with Crippen molar-refractivity contribution in [1.29, 1.82) is 0 Å². The van der Waals surface area contributed by atoms with Crippen molar-refractivity contribution >= 4 is 17.2 Å². The lowest BCUT2D eigenvalue weighted by Crippen LogP contribution is -2.47. The molecule has 0 aliphatic carbocycles. The molecule has 5 heteroatoms. The van der Waals surface area contributed by atoms with E-state index in [-0.39, 0.29) is 11.9 Å². The van der Waals surface area contributed by atoms with Crippen molar-refractivity contribution in [3.05, 3.63) is 94.2 Å². The third-order valence-corrected chi connectivity index (χ3v) is 5.93. The first kappa shape index (κ1) is 18.9. The van der Waals surface area contributed by atoms with Gasteiger partial charge in [0.2, 0.25) is 5.91 Å². The van der Waals surface area contributed by atoms with Crippen LogP contribution in [0, 0.1) is 0 Å². The summed E-state index contributed by atoms with van der Waals surface area (Å²) in [5.41, 5.74) is 2.14. The van der Waals surface area contributed by atoms with Gasteiger partial charge >= 0.3 is 0 Å². The molecule has 2 aromatic carbocycles. The number of nitrogens with zero attached hydrogens (tertiary/aromatic N) is 1. The summed E-state index contributed by atoms with van der Waals surface area (Å²) in [4.78, 5) is 16.5. The smallest absolute Gasteiger partial charge is 0.244 e. The highest BCUT2D eigenvalue weighted by Gasteiger charge is 2.30. The monoisotopic (exact) mass is 392 g/mol. The van der Waals surface area contributed by atoms with Crippen molar-refractivity contribution in [2.45, 2.75) is 12.1 Å². The Morgan fingerprint density at radius 3 is 2.14 bits per heavy atom. The second-order valence-electron chi connectivity index (χ2n) is 6.81. The maximum Gasteiger partial charge on any atom is 0.244 e. The van der Waals surface area contributed by atoms with Crippen LogP contribution in [-0.4, -0.2) is 37.1 Å². The minimum Gasteiger partial charge on any atom is -0.378 e. The molecule has 2 heterocycles. The second-order valence-corrected chi connectivity index (χ2v) is 7.79. The third-order valence-electron chi connectivity index (χ3n) is 5.00. The highest BCUT2D eigenvalue weighted by atomic mass is 32.1. The summed E-state index contributed by atoms with van der Waals surface area (Å²) in [6, 6.07) is 24.0. The minimum atomic E-state index is -0.411. The summed E-state index contributed by atoms with van der Waals surface area (Å²) in [7, 11) is 0. The van der Waals surface area contributed by atoms with Gasteiger partial charge in [0, 0.05) is 18.0 Å². The Morgan fingerprint density at radius 1 is 0.893 bits per heavy atom. The SMILES string of the molecule is O=C([C@H](N[C@H](c1ccccc1)c1cccs1)c1ccccc1)N1CCOCC1. The lowest BCUT2D eigenvalue weighted by Gasteiger charge is -2.33. The Kier molecular flexibility index (Phi) is 6.17. The van der Waals surface area contributed by atoms with Crippen LogP contribution in [0.15, 0.2) is 78.2 Å². The molecule has 4 rings (SSSR count). The summed E-state index contributed by atoms with van der Waals surface area (Å²) in [5.74, 6) is 0.104. The molecule has 4 nitrogen and oxygen atoms in total. The molecule has 2 atom stereocenters. The molecule has 3 aromatic rings. The number of amides is 1. The number of hydrogen-bond acceptors (Lipinski definition) is 4. The highest BCUT2D eigenvalue weighted by molar-refractivity contribution is 7.10. The first-order valence-electron chi connectivity index (χ1n) is 9.59. The second kappa shape index (κ2) is 9.15. The zero-order valence-electron chi connectivity index (χ0n) is 15.7. The van der Waals surface area contributed by atoms with Crippen molar-refractivity contribution in [1.82, 2.24) is 10.2 Å². The van der Waals surface area contributed by atoms with Gasteiger partial charge in [0.15, 0.2) is 0 Å². The van der Waals surface area contributed by atoms with E-state index < -0.39 is 6.04 Å². The molecule has 1 N–H and O–H groups in total. The number of rotatable bonds is 6. The molecule has 1 saturated heterocycles. The number of benzene rings is 2. The van der Waals surface area contributed by atoms with E-state index in [1.807, 2.05) is 53.4 Å². The van der Waals surface area contributed by atoms with Crippen LogP contribution >= 0.6 is 11.3 Å². The Labute approximate surface area is 169 Å². The summed E-state index contributed by atoms with van der Waals surface area (Å²) in [6.45, 7) is 2.47. The van der Waals surface area contributed by atoms with Crippen LogP contribution in [0.4, 0.5) is 0 Å². The standard InChI is InChI=1S/C23H24N2O2S/c26-23(25-13-15-27-16-14-25)22(19-10-5-2-6-11-19)24-21(20-12-7-17-28-20)18-8-3-1-4-9-18/h1-12,17,21-22,24H,13-16H2/t21-,22-/m1/s1. The van der Waals surface area contributed by atoms with Crippen LogP contribution in [0.3, 0.4) is 0 Å². The van der Waals surface area contributed by atoms with Gasteiger partial charge in [0.25, 0.3) is 0 Å². The molecule has 0 spiro atoms. The van der Waals surface area contributed by atoms with E-state index >= 15 is 0 Å². The van der Waals surface area contributed by atoms with Crippen LogP contribution in [0.1, 0.15) is 28.1 Å². The van der Waals surface area contributed by atoms with Crippen molar-refractivity contribution in [2.75, 3.05) is 26.3 Å². The van der Waals surface area contributed by atoms with Crippen molar-refractivity contribution in [2.24, 2.45) is 0 Å². The van der Waals surface area contributed by atoms with E-state index in [0.29, 0.717) is 26.3 Å². The number of morpholine rings is 1. The average molecular weight is 393 g/mol. The third kappa shape index (κ3) is 4.33. The average Bonchev–Trinajstić information content (AvgIpc) is 3.30. The molecule has 0 unspecified atom stereocenters. The molecule has 1 fully saturated rings. The number of thiophene rings is 1. The molecule has 144 valence electrons. The van der Waals surface area contributed by atoms with Crippen molar-refractivity contribution in [3.63, 3.8) is 0 Å². The molecule has 0 bridgehead atoms. The molecular formula is C23H24N2O2S. The van der Waals surface area contributed by atoms with E-state index in [1.165, 1.54) is 4.88 Å². The fraction of sp³-hybridized carbons (Fsp3) is 0.261. The summed E-state index contributed by atoms with van der Waals surface area (Å²) in [5, 5.41) is 5.74. The normalized spacial score (nSPS) is 16.5. The number of ether oxygens (including phenoxy) is 1. The summed E-state index contributed by atoms with van der Waals surface area (Å²) < 4.78 is 5.43. The molecular weight excluding hydrogens is 368 g/mol. The predicted octanol–water partition coefficient (Wildman–Crippen LogP) is 4.03. The predicted molar refractivity (Wildman–Crippen MR) is 112 cm³/mol. The van der Waals surface area contributed by atoms with Gasteiger partial charge < -0.3 is 9.64 Å². The maximum atomic E-state index is 13.4. The van der Waals surface area contributed by atoms with E-state index in [2.05, 4.69) is 35.0 Å². The van der Waals surface area contributed by atoms with Crippen molar-refractivity contribution < 1.29 is 9.53 Å². The maximum absolute atomic E-state index is 13.4. The fourth-order valence-electron chi connectivity index (χ4n) is 3.53. The zero-order valence-corrected chi connectivity index (χ0v) is 16.5. The largest absolute Gasteiger partial charge is 0.378 e. The molecule has 0 saturated carbocycles. The quantitative estimate of drug-likeness (QED) is 0.689. The Morgan fingerprint density at radius 2 is 1.54 bits per heavy atom. The molecule has 0 radical (unpaired) electrons. The number of hydrogen-bond donors (Lipinski definition) is 1. The van der Waals surface area contributed by atoms with E-state index in [1.54, 1.807) is 11.3 Å². The van der Waals surface area contributed by atoms with Gasteiger partial charge in [0.05, 0.1) is 19.3 Å². The van der Waals surface area contributed by atoms with E-state index in [4.69, 9.17) is 4.74 Å². The van der Waals surface area contributed by atoms with Crippen LogP contribution in [0.5, 0.6) is 0 Å². The van der Waals surface area contributed by atoms with E-state index in [9.17, 15) is 4.79 Å². The minimum absolute atomic E-state index is 0.0450. The lowest BCUT2D eigenvalue weighted by atomic mass is 10.00. The van der Waals surface area contributed by atoms with Gasteiger partial charge in [-0.25, -0.2) is 0 Å². The van der Waals surface area contributed by atoms with Gasteiger partial charge in [-0.2, -0.15) is 0 Å². The molecule has 1 amide bonds. The lowest BCUT2D eigenvalue weighted by molar-refractivity contribution is -0.137. The summed E-state index contributed by atoms with van der Waals surface area (Å²) in [6.07, 6.45) is 0. The van der Waals surface area contributed by atoms with Gasteiger partial charge in [0.1, 0.15) is 6.04 Å². The fourth-order valence-corrected chi connectivity index (χ4v) is 4.34. The topological polar surface area (TPSA) is 41.6 Å². The highest BCUT2D eigenvalue weighted by Crippen LogP contribution is 2.30. The molecule has 28 heavy (non-hydrogen) atoms. The van der Waals surface area contributed by atoms with Crippen LogP contribution in [0.2, 0.25) is 0 Å². The Hall–Kier alpha value is -2.47. The van der Waals surface area contributed by atoms with Crippen molar-refractivity contribution in [3.8, 4) is 0 Å². The van der Waals surface area contributed by atoms with Crippen LogP contribution in [0.25, 0.3) is 0 Å². The van der Waals surface area contributed by atoms with Gasteiger partial charge in [-0.05, 0) is 22.6 Å². The number of carbonyl (C=O) groups excluding carboxylic acids is 1. The van der Waals surface area contributed by atoms with Gasteiger partial charge in [-0.3, -0.25) is 10.1 Å². The zero-order chi connectivity index (χ0) is 19.2. The molecule has 1 aromatic heterocycles. The Bertz CT molecular complexity index is 862. The van der Waals surface area contributed by atoms with Gasteiger partial charge in [-0.1, -0.05) is 66.7 Å². The molecule has 1 aliphatic heterocycles. The van der Waals surface area contributed by atoms with Gasteiger partial charge in [-0.15, -0.1) is 11.3 Å². The van der Waals surface area contributed by atoms with E-state index in [0.717, 1.165) is 11.1 Å².